The molecule has 0 fully saturated rings. The van der Waals surface area contributed by atoms with Crippen molar-refractivity contribution < 1.29 is 2.85 Å². The number of aryl methyl sites for hydroxylation is 1. The molecule has 4 nitrogen and oxygen atoms in total. The molecule has 0 aromatic carbocycles. The zero-order valence-electron chi connectivity index (χ0n) is 5.86. The molecule has 1 heterocycles. The molecular formula is C5H15N3O. The lowest BCUT2D eigenvalue weighted by Crippen LogP contribution is -2.00. The van der Waals surface area contributed by atoms with Crippen molar-refractivity contribution in [1.82, 2.24) is 15.2 Å². The van der Waals surface area contributed by atoms with Gasteiger partial charge in [-0.1, -0.05) is 13.8 Å². The minimum absolute atomic E-state index is 0. The average Bonchev–Trinajstić information content (AvgIpc) is 2.20. The van der Waals surface area contributed by atoms with Crippen LogP contribution in [0.5, 0.6) is 0 Å². The molecule has 0 aliphatic rings. The second-order valence-corrected chi connectivity index (χ2v) is 1.26. The molecule has 1 rings (SSSR count). The fourth-order valence-corrected chi connectivity index (χ4v) is 0.355. The molecule has 0 aliphatic heterocycles. The van der Waals surface area contributed by atoms with E-state index in [0.29, 0.717) is 5.82 Å². The summed E-state index contributed by atoms with van der Waals surface area (Å²) >= 11 is 0. The standard InChI is InChI=1S/C3H5N3O.C2H6.2H2/c1-2-4-3(7)6-5-2;1-2;;/h1H3,(H2,4,5,6,7);1-2H3;2*1H. The summed E-state index contributed by atoms with van der Waals surface area (Å²) in [6, 6.07) is 0. The molecule has 0 saturated carbocycles. The Morgan fingerprint density at radius 2 is 2.11 bits per heavy atom. The van der Waals surface area contributed by atoms with Crippen molar-refractivity contribution in [2.24, 2.45) is 0 Å². The van der Waals surface area contributed by atoms with Crippen molar-refractivity contribution in [1.29, 1.82) is 0 Å². The highest BCUT2D eigenvalue weighted by atomic mass is 16.1. The summed E-state index contributed by atoms with van der Waals surface area (Å²) in [4.78, 5) is 12.5. The molecule has 2 N–H and O–H groups in total. The van der Waals surface area contributed by atoms with Crippen LogP contribution in [0.3, 0.4) is 0 Å². The fourth-order valence-electron chi connectivity index (χ4n) is 0.355. The summed E-state index contributed by atoms with van der Waals surface area (Å²) in [5, 5.41) is 5.73. The van der Waals surface area contributed by atoms with Crippen LogP contribution in [0.1, 0.15) is 22.5 Å². The lowest BCUT2D eigenvalue weighted by Gasteiger charge is -1.65. The minimum Gasteiger partial charge on any atom is -0.293 e. The first-order valence-corrected chi connectivity index (χ1v) is 2.90. The molecular weight excluding hydrogens is 118 g/mol. The average molecular weight is 133 g/mol. The summed E-state index contributed by atoms with van der Waals surface area (Å²) in [6.07, 6.45) is 0. The molecule has 0 atom stereocenters. The number of aromatic nitrogens is 3. The van der Waals surface area contributed by atoms with Gasteiger partial charge in [-0.25, -0.2) is 9.89 Å². The number of hydrogen-bond acceptors (Lipinski definition) is 2. The van der Waals surface area contributed by atoms with Crippen LogP contribution in [-0.4, -0.2) is 15.2 Å². The predicted octanol–water partition coefficient (Wildman–Crippen LogP) is 0.925. The maximum Gasteiger partial charge on any atom is 0.340 e. The largest absolute Gasteiger partial charge is 0.340 e. The van der Waals surface area contributed by atoms with Crippen LogP contribution in [0.25, 0.3) is 0 Å². The van der Waals surface area contributed by atoms with Gasteiger partial charge >= 0.3 is 5.69 Å². The Balaban J connectivity index is -0.000000149. The van der Waals surface area contributed by atoms with Crippen molar-refractivity contribution in [2.75, 3.05) is 0 Å². The van der Waals surface area contributed by atoms with Crippen molar-refractivity contribution in [2.45, 2.75) is 20.8 Å². The van der Waals surface area contributed by atoms with E-state index in [4.69, 9.17) is 0 Å². The third-order valence-corrected chi connectivity index (χ3v) is 0.620. The highest BCUT2D eigenvalue weighted by molar-refractivity contribution is 4.71. The molecule has 0 radical (unpaired) electrons. The first-order valence-electron chi connectivity index (χ1n) is 2.90. The Kier molecular flexibility index (Phi) is 3.43. The smallest absolute Gasteiger partial charge is 0.293 e. The number of hydrogen-bond donors (Lipinski definition) is 2. The van der Waals surface area contributed by atoms with E-state index in [9.17, 15) is 4.79 Å². The predicted molar refractivity (Wildman–Crippen MR) is 39.5 cm³/mol. The second-order valence-electron chi connectivity index (χ2n) is 1.26. The van der Waals surface area contributed by atoms with Gasteiger partial charge in [0.05, 0.1) is 0 Å². The van der Waals surface area contributed by atoms with Crippen molar-refractivity contribution in [3.63, 3.8) is 0 Å². The third kappa shape index (κ3) is 2.69. The fraction of sp³-hybridized carbons (Fsp3) is 0.600. The van der Waals surface area contributed by atoms with Crippen LogP contribution in [-0.2, 0) is 0 Å². The van der Waals surface area contributed by atoms with Gasteiger partial charge in [0.25, 0.3) is 0 Å². The SMILES string of the molecule is CC.Cc1n[nH]c(=O)[nH]1.[HH].[HH]. The van der Waals surface area contributed by atoms with E-state index >= 15 is 0 Å². The Bertz CT molecular complexity index is 207. The highest BCUT2D eigenvalue weighted by Gasteiger charge is 1.82. The summed E-state index contributed by atoms with van der Waals surface area (Å²) in [5.74, 6) is 0.616. The summed E-state index contributed by atoms with van der Waals surface area (Å²) in [5.41, 5.74) is -0.252. The van der Waals surface area contributed by atoms with E-state index < -0.39 is 0 Å². The molecule has 4 heteroatoms. The van der Waals surface area contributed by atoms with Gasteiger partial charge in [-0.15, -0.1) is 0 Å². The minimum atomic E-state index is -0.252. The summed E-state index contributed by atoms with van der Waals surface area (Å²) < 4.78 is 0. The zero-order valence-corrected chi connectivity index (χ0v) is 5.86. The number of nitrogens with zero attached hydrogens (tertiary/aromatic N) is 1. The van der Waals surface area contributed by atoms with Crippen LogP contribution in [0.4, 0.5) is 0 Å². The van der Waals surface area contributed by atoms with Gasteiger partial charge < -0.3 is 0 Å². The van der Waals surface area contributed by atoms with Gasteiger partial charge in [-0.3, -0.25) is 4.98 Å². The first kappa shape index (κ1) is 7.94. The van der Waals surface area contributed by atoms with Gasteiger partial charge in [-0.05, 0) is 6.92 Å². The Labute approximate surface area is 56.3 Å². The molecule has 9 heavy (non-hydrogen) atoms. The topological polar surface area (TPSA) is 61.5 Å². The van der Waals surface area contributed by atoms with Crippen LogP contribution < -0.4 is 5.69 Å². The maximum absolute atomic E-state index is 10.1. The number of rotatable bonds is 0. The van der Waals surface area contributed by atoms with Crippen LogP contribution in [0.2, 0.25) is 0 Å². The van der Waals surface area contributed by atoms with Gasteiger partial charge in [0, 0.05) is 2.85 Å². The molecule has 0 aliphatic carbocycles. The van der Waals surface area contributed by atoms with E-state index in [2.05, 4.69) is 15.2 Å². The lowest BCUT2D eigenvalue weighted by molar-refractivity contribution is 1.02. The van der Waals surface area contributed by atoms with E-state index in [0.717, 1.165) is 0 Å². The van der Waals surface area contributed by atoms with Gasteiger partial charge in [0.1, 0.15) is 5.82 Å². The van der Waals surface area contributed by atoms with Gasteiger partial charge in [0.2, 0.25) is 0 Å². The molecule has 0 saturated heterocycles. The van der Waals surface area contributed by atoms with Gasteiger partial charge in [0.15, 0.2) is 0 Å². The van der Waals surface area contributed by atoms with Crippen LogP contribution in [0.15, 0.2) is 4.79 Å². The van der Waals surface area contributed by atoms with Crippen molar-refractivity contribution in [3.8, 4) is 0 Å². The van der Waals surface area contributed by atoms with Gasteiger partial charge in [-0.2, -0.15) is 5.10 Å². The Morgan fingerprint density at radius 3 is 2.22 bits per heavy atom. The monoisotopic (exact) mass is 133 g/mol. The molecule has 1 aromatic heterocycles. The second kappa shape index (κ2) is 3.88. The lowest BCUT2D eigenvalue weighted by atomic mass is 10.8. The molecule has 0 spiro atoms. The first-order chi connectivity index (χ1) is 4.29. The Morgan fingerprint density at radius 1 is 1.56 bits per heavy atom. The van der Waals surface area contributed by atoms with E-state index in [1.807, 2.05) is 13.8 Å². The number of aromatic amines is 2. The Hall–Kier alpha value is -1.06. The summed E-state index contributed by atoms with van der Waals surface area (Å²) in [6.45, 7) is 5.71. The van der Waals surface area contributed by atoms with Crippen LogP contribution >= 0.6 is 0 Å². The molecule has 56 valence electrons. The van der Waals surface area contributed by atoms with E-state index in [1.165, 1.54) is 0 Å². The van der Waals surface area contributed by atoms with Crippen molar-refractivity contribution >= 4 is 0 Å². The number of nitrogens with one attached hydrogen (secondary N) is 2. The van der Waals surface area contributed by atoms with E-state index in [-0.39, 0.29) is 8.54 Å². The molecule has 1 aromatic rings. The normalized spacial score (nSPS) is 7.89. The maximum atomic E-state index is 10.1. The van der Waals surface area contributed by atoms with Crippen LogP contribution in [0, 0.1) is 6.92 Å². The molecule has 0 bridgehead atoms. The number of H-pyrrole nitrogens is 2. The molecule has 0 amide bonds. The molecule has 0 unspecified atom stereocenters. The van der Waals surface area contributed by atoms with E-state index in [1.54, 1.807) is 6.92 Å². The quantitative estimate of drug-likeness (QED) is 0.553. The van der Waals surface area contributed by atoms with Crippen molar-refractivity contribution in [3.05, 3.63) is 16.3 Å². The summed E-state index contributed by atoms with van der Waals surface area (Å²) in [7, 11) is 0. The third-order valence-electron chi connectivity index (χ3n) is 0.620. The highest BCUT2D eigenvalue weighted by Crippen LogP contribution is 1.68. The zero-order chi connectivity index (χ0) is 7.28.